The van der Waals surface area contributed by atoms with E-state index in [0.717, 1.165) is 38.3 Å². The molecule has 1 saturated heterocycles. The zero-order valence-corrected chi connectivity index (χ0v) is 15.9. The van der Waals surface area contributed by atoms with E-state index in [-0.39, 0.29) is 11.9 Å². The van der Waals surface area contributed by atoms with Crippen LogP contribution in [0.3, 0.4) is 0 Å². The summed E-state index contributed by atoms with van der Waals surface area (Å²) in [6, 6.07) is 12.4. The Morgan fingerprint density at radius 2 is 1.88 bits per heavy atom. The van der Waals surface area contributed by atoms with E-state index >= 15 is 0 Å². The SMILES string of the molecule is CC1CCN(C(=O)c2cc(N(Cc3ccccc3)C(C)C)ncn2)CC1. The number of anilines is 1. The summed E-state index contributed by atoms with van der Waals surface area (Å²) in [4.78, 5) is 25.6. The van der Waals surface area contributed by atoms with Crippen molar-refractivity contribution in [1.82, 2.24) is 14.9 Å². The van der Waals surface area contributed by atoms with Crippen molar-refractivity contribution in [3.63, 3.8) is 0 Å². The van der Waals surface area contributed by atoms with E-state index in [2.05, 4.69) is 47.8 Å². The van der Waals surface area contributed by atoms with Crippen LogP contribution in [0.4, 0.5) is 5.82 Å². The number of rotatable bonds is 5. The molecule has 0 saturated carbocycles. The Morgan fingerprint density at radius 1 is 1.19 bits per heavy atom. The van der Waals surface area contributed by atoms with Crippen molar-refractivity contribution in [2.45, 2.75) is 46.2 Å². The molecule has 3 rings (SSSR count). The molecule has 0 spiro atoms. The number of piperidine rings is 1. The van der Waals surface area contributed by atoms with E-state index in [1.165, 1.54) is 11.9 Å². The van der Waals surface area contributed by atoms with E-state index in [1.54, 1.807) is 0 Å². The number of carbonyl (C=O) groups excluding carboxylic acids is 1. The molecule has 138 valence electrons. The first kappa shape index (κ1) is 18.4. The maximum absolute atomic E-state index is 12.8. The Bertz CT molecular complexity index is 724. The highest BCUT2D eigenvalue weighted by Crippen LogP contribution is 2.21. The van der Waals surface area contributed by atoms with Crippen LogP contribution in [0.15, 0.2) is 42.7 Å². The molecule has 1 aromatic carbocycles. The molecule has 1 aliphatic rings. The van der Waals surface area contributed by atoms with Gasteiger partial charge < -0.3 is 9.80 Å². The highest BCUT2D eigenvalue weighted by Gasteiger charge is 2.23. The van der Waals surface area contributed by atoms with Gasteiger partial charge in [0.25, 0.3) is 5.91 Å². The quantitative estimate of drug-likeness (QED) is 0.822. The molecule has 1 aliphatic heterocycles. The van der Waals surface area contributed by atoms with Crippen molar-refractivity contribution >= 4 is 11.7 Å². The van der Waals surface area contributed by atoms with Gasteiger partial charge in [-0.1, -0.05) is 37.3 Å². The second-order valence-corrected chi connectivity index (χ2v) is 7.44. The van der Waals surface area contributed by atoms with Gasteiger partial charge in [0.15, 0.2) is 0 Å². The number of hydrogen-bond acceptors (Lipinski definition) is 4. The Balaban J connectivity index is 1.79. The highest BCUT2D eigenvalue weighted by molar-refractivity contribution is 5.93. The van der Waals surface area contributed by atoms with E-state index < -0.39 is 0 Å². The summed E-state index contributed by atoms with van der Waals surface area (Å²) in [5.74, 6) is 1.51. The van der Waals surface area contributed by atoms with Gasteiger partial charge in [-0.2, -0.15) is 0 Å². The lowest BCUT2D eigenvalue weighted by atomic mass is 9.99. The molecule has 1 aromatic heterocycles. The molecule has 1 amide bonds. The fourth-order valence-corrected chi connectivity index (χ4v) is 3.30. The summed E-state index contributed by atoms with van der Waals surface area (Å²) in [6.45, 7) is 8.91. The average Bonchev–Trinajstić information content (AvgIpc) is 2.67. The van der Waals surface area contributed by atoms with E-state index in [9.17, 15) is 4.79 Å². The fraction of sp³-hybridized carbons (Fsp3) is 0.476. The van der Waals surface area contributed by atoms with Gasteiger partial charge >= 0.3 is 0 Å². The first-order valence-corrected chi connectivity index (χ1v) is 9.46. The van der Waals surface area contributed by atoms with Crippen molar-refractivity contribution in [3.05, 3.63) is 54.0 Å². The average molecular weight is 352 g/mol. The molecule has 2 aromatic rings. The molecule has 0 atom stereocenters. The molecule has 0 N–H and O–H groups in total. The molecule has 0 bridgehead atoms. The lowest BCUT2D eigenvalue weighted by molar-refractivity contribution is 0.0691. The topological polar surface area (TPSA) is 49.3 Å². The first-order valence-electron chi connectivity index (χ1n) is 9.46. The van der Waals surface area contributed by atoms with Crippen LogP contribution in [-0.4, -0.2) is 39.9 Å². The van der Waals surface area contributed by atoms with Gasteiger partial charge in [-0.15, -0.1) is 0 Å². The van der Waals surface area contributed by atoms with Crippen LogP contribution in [0.25, 0.3) is 0 Å². The van der Waals surface area contributed by atoms with Gasteiger partial charge in [0, 0.05) is 31.7 Å². The van der Waals surface area contributed by atoms with Crippen LogP contribution in [0.1, 0.15) is 49.7 Å². The monoisotopic (exact) mass is 352 g/mol. The number of likely N-dealkylation sites (tertiary alicyclic amines) is 1. The number of amides is 1. The molecule has 5 heteroatoms. The summed E-state index contributed by atoms with van der Waals surface area (Å²) in [6.07, 6.45) is 3.64. The summed E-state index contributed by atoms with van der Waals surface area (Å²) >= 11 is 0. The van der Waals surface area contributed by atoms with Gasteiger partial charge in [-0.05, 0) is 38.2 Å². The second kappa shape index (κ2) is 8.30. The predicted molar refractivity (Wildman–Crippen MR) is 104 cm³/mol. The van der Waals surface area contributed by atoms with Gasteiger partial charge in [0.05, 0.1) is 0 Å². The molecule has 0 radical (unpaired) electrons. The van der Waals surface area contributed by atoms with Crippen LogP contribution in [0.5, 0.6) is 0 Å². The maximum Gasteiger partial charge on any atom is 0.272 e. The normalized spacial score (nSPS) is 15.3. The third-order valence-electron chi connectivity index (χ3n) is 5.06. The van der Waals surface area contributed by atoms with Crippen LogP contribution >= 0.6 is 0 Å². The smallest absolute Gasteiger partial charge is 0.272 e. The molecule has 1 fully saturated rings. The minimum Gasteiger partial charge on any atom is -0.350 e. The molecule has 26 heavy (non-hydrogen) atoms. The van der Waals surface area contributed by atoms with E-state index in [1.807, 2.05) is 29.2 Å². The standard InChI is InChI=1S/C21H28N4O/c1-16(2)25(14-18-7-5-4-6-8-18)20-13-19(22-15-23-20)21(26)24-11-9-17(3)10-12-24/h4-8,13,15-17H,9-12,14H2,1-3H3. The van der Waals surface area contributed by atoms with Crippen LogP contribution in [-0.2, 0) is 6.54 Å². The lowest BCUT2D eigenvalue weighted by Gasteiger charge is -2.31. The van der Waals surface area contributed by atoms with Gasteiger partial charge in [0.1, 0.15) is 17.8 Å². The van der Waals surface area contributed by atoms with Crippen molar-refractivity contribution in [2.75, 3.05) is 18.0 Å². The Hall–Kier alpha value is -2.43. The summed E-state index contributed by atoms with van der Waals surface area (Å²) in [5, 5.41) is 0. The summed E-state index contributed by atoms with van der Waals surface area (Å²) < 4.78 is 0. The van der Waals surface area contributed by atoms with E-state index in [4.69, 9.17) is 0 Å². The molecule has 5 nitrogen and oxygen atoms in total. The molecular formula is C21H28N4O. The molecule has 0 aliphatic carbocycles. The van der Waals surface area contributed by atoms with E-state index in [0.29, 0.717) is 11.6 Å². The molecular weight excluding hydrogens is 324 g/mol. The Kier molecular flexibility index (Phi) is 5.86. The Labute approximate surface area is 156 Å². The number of hydrogen-bond donors (Lipinski definition) is 0. The summed E-state index contributed by atoms with van der Waals surface area (Å²) in [7, 11) is 0. The zero-order valence-electron chi connectivity index (χ0n) is 15.9. The number of aromatic nitrogens is 2. The zero-order chi connectivity index (χ0) is 18.5. The third kappa shape index (κ3) is 4.40. The fourth-order valence-electron chi connectivity index (χ4n) is 3.30. The maximum atomic E-state index is 12.8. The first-order chi connectivity index (χ1) is 12.5. The summed E-state index contributed by atoms with van der Waals surface area (Å²) in [5.41, 5.74) is 1.71. The minimum atomic E-state index is 0.0176. The largest absolute Gasteiger partial charge is 0.350 e. The van der Waals surface area contributed by atoms with Crippen LogP contribution in [0.2, 0.25) is 0 Å². The van der Waals surface area contributed by atoms with Crippen molar-refractivity contribution in [2.24, 2.45) is 5.92 Å². The number of nitrogens with zero attached hydrogens (tertiary/aromatic N) is 4. The Morgan fingerprint density at radius 3 is 2.54 bits per heavy atom. The third-order valence-corrected chi connectivity index (χ3v) is 5.06. The minimum absolute atomic E-state index is 0.0176. The van der Waals surface area contributed by atoms with Gasteiger partial charge in [-0.3, -0.25) is 4.79 Å². The molecule has 2 heterocycles. The molecule has 0 unspecified atom stereocenters. The van der Waals surface area contributed by atoms with Crippen molar-refractivity contribution in [3.8, 4) is 0 Å². The predicted octanol–water partition coefficient (Wildman–Crippen LogP) is 3.76. The number of benzene rings is 1. The highest BCUT2D eigenvalue weighted by atomic mass is 16.2. The van der Waals surface area contributed by atoms with Crippen molar-refractivity contribution < 1.29 is 4.79 Å². The van der Waals surface area contributed by atoms with Gasteiger partial charge in [-0.25, -0.2) is 9.97 Å². The van der Waals surface area contributed by atoms with Gasteiger partial charge in [0.2, 0.25) is 0 Å². The lowest BCUT2D eigenvalue weighted by Crippen LogP contribution is -2.38. The number of carbonyl (C=O) groups is 1. The second-order valence-electron chi connectivity index (χ2n) is 7.44. The van der Waals surface area contributed by atoms with Crippen LogP contribution in [0, 0.1) is 5.92 Å². The van der Waals surface area contributed by atoms with Crippen LogP contribution < -0.4 is 4.90 Å². The van der Waals surface area contributed by atoms with Crippen molar-refractivity contribution in [1.29, 1.82) is 0 Å².